The van der Waals surface area contributed by atoms with Crippen molar-refractivity contribution in [3.63, 3.8) is 0 Å². The van der Waals surface area contributed by atoms with E-state index in [1.807, 2.05) is 4.90 Å². The van der Waals surface area contributed by atoms with Gasteiger partial charge in [0.15, 0.2) is 0 Å². The van der Waals surface area contributed by atoms with E-state index in [4.69, 9.17) is 9.47 Å². The molecule has 0 bridgehead atoms. The van der Waals surface area contributed by atoms with Gasteiger partial charge in [0.1, 0.15) is 17.0 Å². The van der Waals surface area contributed by atoms with Crippen molar-refractivity contribution in [1.29, 1.82) is 0 Å². The predicted molar refractivity (Wildman–Crippen MR) is 124 cm³/mol. The molecule has 32 heavy (non-hydrogen) atoms. The molecule has 2 atom stereocenters. The van der Waals surface area contributed by atoms with E-state index in [0.29, 0.717) is 48.5 Å². The van der Waals surface area contributed by atoms with Crippen LogP contribution in [-0.4, -0.2) is 67.6 Å². The summed E-state index contributed by atoms with van der Waals surface area (Å²) in [5.41, 5.74) is -0.158. The summed E-state index contributed by atoms with van der Waals surface area (Å²) in [7, 11) is 3.18. The maximum Gasteiger partial charge on any atom is 0.250 e. The molecule has 0 aromatic heterocycles. The Morgan fingerprint density at radius 1 is 1.06 bits per heavy atom. The predicted octanol–water partition coefficient (Wildman–Crippen LogP) is 3.68. The van der Waals surface area contributed by atoms with Crippen molar-refractivity contribution >= 4 is 18.0 Å². The highest BCUT2D eigenvalue weighted by atomic mass is 16.5. The van der Waals surface area contributed by atoms with E-state index in [2.05, 4.69) is 10.2 Å². The zero-order valence-corrected chi connectivity index (χ0v) is 19.5. The summed E-state index contributed by atoms with van der Waals surface area (Å²) in [4.78, 5) is 30.5. The minimum absolute atomic E-state index is 0.103. The van der Waals surface area contributed by atoms with Crippen LogP contribution in [0.5, 0.6) is 11.5 Å². The number of rotatable bonds is 8. The second kappa shape index (κ2) is 10.1. The average Bonchev–Trinajstić information content (AvgIpc) is 3.33. The van der Waals surface area contributed by atoms with Crippen molar-refractivity contribution in [3.05, 3.63) is 18.2 Å². The molecule has 1 aromatic carbocycles. The summed E-state index contributed by atoms with van der Waals surface area (Å²) in [5, 5.41) is 3.07. The second-order valence-electron chi connectivity index (χ2n) is 9.55. The van der Waals surface area contributed by atoms with Crippen molar-refractivity contribution in [1.82, 2.24) is 9.80 Å². The first kappa shape index (κ1) is 22.9. The molecule has 4 rings (SSSR count). The number of nitrogens with zero attached hydrogens (tertiary/aromatic N) is 2. The van der Waals surface area contributed by atoms with Crippen molar-refractivity contribution in [2.24, 2.45) is 5.92 Å². The molecule has 2 heterocycles. The van der Waals surface area contributed by atoms with Gasteiger partial charge in [0.2, 0.25) is 12.3 Å². The highest BCUT2D eigenvalue weighted by molar-refractivity contribution is 5.99. The summed E-state index contributed by atoms with van der Waals surface area (Å²) in [6.07, 6.45) is 10.3. The SMILES string of the molecule is COc1cc(NC(=O)C2(N(C=O)CC3CCCN4CCCC[C@@H]34)CCCC2)cc(OC)c1. The Morgan fingerprint density at radius 3 is 2.41 bits per heavy atom. The van der Waals surface area contributed by atoms with E-state index in [-0.39, 0.29) is 5.91 Å². The quantitative estimate of drug-likeness (QED) is 0.621. The molecule has 3 fully saturated rings. The van der Waals surface area contributed by atoms with Gasteiger partial charge in [-0.15, -0.1) is 0 Å². The number of ether oxygens (including phenoxy) is 2. The second-order valence-corrected chi connectivity index (χ2v) is 9.55. The van der Waals surface area contributed by atoms with Gasteiger partial charge in [0, 0.05) is 36.5 Å². The van der Waals surface area contributed by atoms with Gasteiger partial charge in [-0.3, -0.25) is 9.59 Å². The van der Waals surface area contributed by atoms with E-state index in [9.17, 15) is 9.59 Å². The van der Waals surface area contributed by atoms with Crippen LogP contribution in [0, 0.1) is 5.92 Å². The first-order chi connectivity index (χ1) is 15.6. The molecule has 0 radical (unpaired) electrons. The number of carbonyl (C=O) groups excluding carboxylic acids is 2. The van der Waals surface area contributed by atoms with Crippen LogP contribution in [0.15, 0.2) is 18.2 Å². The molecule has 1 aliphatic carbocycles. The third-order valence-electron chi connectivity index (χ3n) is 7.80. The van der Waals surface area contributed by atoms with Gasteiger partial charge in [-0.05, 0) is 57.5 Å². The molecule has 2 aliphatic heterocycles. The Bertz CT molecular complexity index is 784. The number of nitrogens with one attached hydrogen (secondary N) is 1. The summed E-state index contributed by atoms with van der Waals surface area (Å²) < 4.78 is 10.7. The summed E-state index contributed by atoms with van der Waals surface area (Å²) in [6.45, 7) is 3.01. The lowest BCUT2D eigenvalue weighted by atomic mass is 9.82. The maximum absolute atomic E-state index is 13.7. The maximum atomic E-state index is 13.7. The topological polar surface area (TPSA) is 71.1 Å². The van der Waals surface area contributed by atoms with Gasteiger partial charge in [-0.2, -0.15) is 0 Å². The normalized spacial score (nSPS) is 24.9. The molecule has 1 unspecified atom stereocenters. The largest absolute Gasteiger partial charge is 0.497 e. The fourth-order valence-corrected chi connectivity index (χ4v) is 6.09. The van der Waals surface area contributed by atoms with Gasteiger partial charge < -0.3 is 24.6 Å². The molecule has 1 N–H and O–H groups in total. The van der Waals surface area contributed by atoms with Crippen LogP contribution in [0.3, 0.4) is 0 Å². The van der Waals surface area contributed by atoms with Crippen LogP contribution >= 0.6 is 0 Å². The Labute approximate surface area is 191 Å². The zero-order valence-electron chi connectivity index (χ0n) is 19.5. The molecule has 176 valence electrons. The number of carbonyl (C=O) groups is 2. The lowest BCUT2D eigenvalue weighted by Crippen LogP contribution is -2.58. The van der Waals surface area contributed by atoms with Crippen LogP contribution < -0.4 is 14.8 Å². The number of piperidine rings is 2. The smallest absolute Gasteiger partial charge is 0.250 e. The molecule has 1 aromatic rings. The van der Waals surface area contributed by atoms with E-state index < -0.39 is 5.54 Å². The van der Waals surface area contributed by atoms with Gasteiger partial charge in [-0.25, -0.2) is 0 Å². The van der Waals surface area contributed by atoms with Crippen molar-refractivity contribution in [2.75, 3.05) is 39.2 Å². The Morgan fingerprint density at radius 2 is 1.75 bits per heavy atom. The zero-order chi connectivity index (χ0) is 22.6. The Hall–Kier alpha value is -2.28. The van der Waals surface area contributed by atoms with E-state index >= 15 is 0 Å². The lowest BCUT2D eigenvalue weighted by Gasteiger charge is -2.47. The van der Waals surface area contributed by atoms with E-state index in [0.717, 1.165) is 25.7 Å². The molecule has 0 spiro atoms. The molecule has 7 heteroatoms. The molecular weight excluding hydrogens is 406 g/mol. The molecule has 7 nitrogen and oxygen atoms in total. The van der Waals surface area contributed by atoms with Crippen LogP contribution in [0.1, 0.15) is 57.8 Å². The van der Waals surface area contributed by atoms with Crippen LogP contribution in [0.25, 0.3) is 0 Å². The van der Waals surface area contributed by atoms with Crippen LogP contribution in [-0.2, 0) is 9.59 Å². The van der Waals surface area contributed by atoms with Gasteiger partial charge in [0.05, 0.1) is 14.2 Å². The Kier molecular flexibility index (Phi) is 7.23. The Balaban J connectivity index is 1.54. The van der Waals surface area contributed by atoms with Gasteiger partial charge >= 0.3 is 0 Å². The standard InChI is InChI=1S/C25H37N3O4/c1-31-21-14-20(15-22(16-21)32-2)26-24(30)25(10-4-5-11-25)28(18-29)17-19-8-7-13-27-12-6-3-9-23(19)27/h14-16,18-19,23H,3-13,17H2,1-2H3,(H,26,30)/t19?,23-/m0/s1. The fraction of sp³-hybridized carbons (Fsp3) is 0.680. The highest BCUT2D eigenvalue weighted by Gasteiger charge is 2.47. The van der Waals surface area contributed by atoms with Gasteiger partial charge in [-0.1, -0.05) is 19.3 Å². The number of anilines is 1. The van der Waals surface area contributed by atoms with Crippen LogP contribution in [0.2, 0.25) is 0 Å². The fourth-order valence-electron chi connectivity index (χ4n) is 6.09. The minimum atomic E-state index is -0.783. The molecule has 1 saturated carbocycles. The number of amides is 2. The lowest BCUT2D eigenvalue weighted by molar-refractivity contribution is -0.138. The third kappa shape index (κ3) is 4.58. The van der Waals surface area contributed by atoms with E-state index in [1.165, 1.54) is 38.8 Å². The van der Waals surface area contributed by atoms with Crippen molar-refractivity contribution in [3.8, 4) is 11.5 Å². The summed E-state index contributed by atoms with van der Waals surface area (Å²) in [6, 6.07) is 5.90. The van der Waals surface area contributed by atoms with Crippen LogP contribution in [0.4, 0.5) is 5.69 Å². The van der Waals surface area contributed by atoms with E-state index in [1.54, 1.807) is 32.4 Å². The summed E-state index contributed by atoms with van der Waals surface area (Å²) in [5.74, 6) is 1.57. The minimum Gasteiger partial charge on any atom is -0.497 e. The number of hydrogen-bond donors (Lipinski definition) is 1. The van der Waals surface area contributed by atoms with Crippen molar-refractivity contribution in [2.45, 2.75) is 69.4 Å². The summed E-state index contributed by atoms with van der Waals surface area (Å²) >= 11 is 0. The average molecular weight is 444 g/mol. The number of fused-ring (bicyclic) bond motifs is 1. The number of methoxy groups -OCH3 is 2. The van der Waals surface area contributed by atoms with Gasteiger partial charge in [0.25, 0.3) is 0 Å². The third-order valence-corrected chi connectivity index (χ3v) is 7.80. The molecule has 2 saturated heterocycles. The van der Waals surface area contributed by atoms with Crippen molar-refractivity contribution < 1.29 is 19.1 Å². The molecular formula is C25H37N3O4. The monoisotopic (exact) mass is 443 g/mol. The number of benzene rings is 1. The number of hydrogen-bond acceptors (Lipinski definition) is 5. The molecule has 3 aliphatic rings. The first-order valence-electron chi connectivity index (χ1n) is 12.1. The molecule has 2 amide bonds. The highest BCUT2D eigenvalue weighted by Crippen LogP contribution is 2.39. The first-order valence-corrected chi connectivity index (χ1v) is 12.1.